The number of amides is 2. The van der Waals surface area contributed by atoms with Crippen LogP contribution in [0.15, 0.2) is 48.5 Å². The lowest BCUT2D eigenvalue weighted by Gasteiger charge is -2.10. The Balaban J connectivity index is 1.92. The van der Waals surface area contributed by atoms with Crippen molar-refractivity contribution in [1.82, 2.24) is 0 Å². The number of para-hydroxylation sites is 1. The van der Waals surface area contributed by atoms with E-state index >= 15 is 0 Å². The first-order chi connectivity index (χ1) is 12.0. The van der Waals surface area contributed by atoms with Crippen molar-refractivity contribution in [2.45, 2.75) is 6.92 Å². The Kier molecular flexibility index (Phi) is 6.11. The normalized spacial score (nSPS) is 9.84. The molecule has 0 saturated carbocycles. The molecule has 7 heteroatoms. The van der Waals surface area contributed by atoms with Crippen molar-refractivity contribution < 1.29 is 19.1 Å². The van der Waals surface area contributed by atoms with Crippen LogP contribution in [0, 0.1) is 0 Å². The van der Waals surface area contributed by atoms with Crippen molar-refractivity contribution in [3.8, 4) is 0 Å². The molecule has 0 aromatic heterocycles. The zero-order chi connectivity index (χ0) is 18.2. The first-order valence-corrected chi connectivity index (χ1v) is 7.61. The van der Waals surface area contributed by atoms with Crippen LogP contribution in [-0.4, -0.2) is 31.4 Å². The average Bonchev–Trinajstić information content (AvgIpc) is 2.59. The summed E-state index contributed by atoms with van der Waals surface area (Å²) in [7, 11) is 1.70. The van der Waals surface area contributed by atoms with Crippen molar-refractivity contribution in [2.75, 3.05) is 29.6 Å². The number of carbonyl (C=O) groups excluding carboxylic acids is 3. The van der Waals surface area contributed by atoms with E-state index in [4.69, 9.17) is 4.74 Å². The summed E-state index contributed by atoms with van der Waals surface area (Å²) in [6.45, 7) is 0.981. The number of nitrogens with one attached hydrogen (secondary N) is 3. The zero-order valence-corrected chi connectivity index (χ0v) is 14.0. The summed E-state index contributed by atoms with van der Waals surface area (Å²) in [6, 6.07) is 13.5. The van der Waals surface area contributed by atoms with Crippen LogP contribution in [0.25, 0.3) is 0 Å². The zero-order valence-electron chi connectivity index (χ0n) is 14.0. The van der Waals surface area contributed by atoms with Crippen molar-refractivity contribution in [1.29, 1.82) is 0 Å². The van der Waals surface area contributed by atoms with Gasteiger partial charge in [0.1, 0.15) is 0 Å². The molecule has 2 aromatic carbocycles. The molecule has 3 N–H and O–H groups in total. The van der Waals surface area contributed by atoms with Crippen LogP contribution in [0.4, 0.5) is 17.1 Å². The Labute approximate surface area is 145 Å². The number of ether oxygens (including phenoxy) is 1. The standard InChI is InChI=1S/C18H19N3O4/c1-12(22)20-13-6-5-7-14(10-13)21-17(23)11-25-18(24)15-8-3-4-9-16(15)19-2/h3-10,19H,11H2,1-2H3,(H,20,22)(H,21,23). The molecule has 0 unspecified atom stereocenters. The largest absolute Gasteiger partial charge is 0.452 e. The van der Waals surface area contributed by atoms with Crippen LogP contribution in [0.5, 0.6) is 0 Å². The lowest BCUT2D eigenvalue weighted by Crippen LogP contribution is -2.21. The third-order valence-corrected chi connectivity index (χ3v) is 3.22. The number of hydrogen-bond acceptors (Lipinski definition) is 5. The fraction of sp³-hybridized carbons (Fsp3) is 0.167. The third-order valence-electron chi connectivity index (χ3n) is 3.22. The predicted molar refractivity (Wildman–Crippen MR) is 95.6 cm³/mol. The van der Waals surface area contributed by atoms with Gasteiger partial charge in [-0.1, -0.05) is 18.2 Å². The minimum absolute atomic E-state index is 0.208. The molecule has 0 atom stereocenters. The second kappa shape index (κ2) is 8.49. The highest BCUT2D eigenvalue weighted by Crippen LogP contribution is 2.16. The SMILES string of the molecule is CNc1ccccc1C(=O)OCC(=O)Nc1cccc(NC(C)=O)c1. The maximum absolute atomic E-state index is 12.1. The maximum atomic E-state index is 12.1. The fourth-order valence-electron chi connectivity index (χ4n) is 2.16. The van der Waals surface area contributed by atoms with Crippen molar-refractivity contribution >= 4 is 34.8 Å². The molecule has 7 nitrogen and oxygen atoms in total. The Morgan fingerprint density at radius 3 is 2.32 bits per heavy atom. The van der Waals surface area contributed by atoms with Crippen molar-refractivity contribution in [3.63, 3.8) is 0 Å². The van der Waals surface area contributed by atoms with E-state index in [9.17, 15) is 14.4 Å². The number of esters is 1. The Morgan fingerprint density at radius 2 is 1.64 bits per heavy atom. The van der Waals surface area contributed by atoms with Gasteiger partial charge in [-0.05, 0) is 30.3 Å². The highest BCUT2D eigenvalue weighted by molar-refractivity contribution is 5.98. The molecule has 25 heavy (non-hydrogen) atoms. The Bertz CT molecular complexity index is 789. The van der Waals surface area contributed by atoms with E-state index in [-0.39, 0.29) is 5.91 Å². The predicted octanol–water partition coefficient (Wildman–Crippen LogP) is 2.48. The molecule has 2 rings (SSSR count). The molecule has 0 aliphatic carbocycles. The van der Waals surface area contributed by atoms with Gasteiger partial charge in [-0.25, -0.2) is 4.79 Å². The smallest absolute Gasteiger partial charge is 0.340 e. The summed E-state index contributed by atoms with van der Waals surface area (Å²) >= 11 is 0. The van der Waals surface area contributed by atoms with E-state index in [2.05, 4.69) is 16.0 Å². The summed E-state index contributed by atoms with van der Waals surface area (Å²) in [5, 5.41) is 8.12. The molecule has 0 fully saturated rings. The first kappa shape index (κ1) is 18.0. The molecule has 2 aromatic rings. The van der Waals surface area contributed by atoms with Gasteiger partial charge < -0.3 is 20.7 Å². The summed E-state index contributed by atoms with van der Waals surface area (Å²) < 4.78 is 5.04. The maximum Gasteiger partial charge on any atom is 0.340 e. The molecular weight excluding hydrogens is 322 g/mol. The Morgan fingerprint density at radius 1 is 0.960 bits per heavy atom. The quantitative estimate of drug-likeness (QED) is 0.702. The third kappa shape index (κ3) is 5.35. The summed E-state index contributed by atoms with van der Waals surface area (Å²) in [5.74, 6) is -1.28. The van der Waals surface area contributed by atoms with Crippen molar-refractivity contribution in [2.24, 2.45) is 0 Å². The minimum atomic E-state index is -0.591. The lowest BCUT2D eigenvalue weighted by molar-refractivity contribution is -0.119. The van der Waals surface area contributed by atoms with Gasteiger partial charge in [-0.2, -0.15) is 0 Å². The number of benzene rings is 2. The first-order valence-electron chi connectivity index (χ1n) is 7.61. The number of rotatable bonds is 6. The van der Waals surface area contributed by atoms with Gasteiger partial charge in [0.25, 0.3) is 5.91 Å². The molecule has 0 spiro atoms. The molecule has 0 radical (unpaired) electrons. The average molecular weight is 341 g/mol. The second-order valence-electron chi connectivity index (χ2n) is 5.18. The van der Waals surface area contributed by atoms with E-state index in [1.54, 1.807) is 55.6 Å². The molecule has 0 aliphatic rings. The summed E-state index contributed by atoms with van der Waals surface area (Å²) in [6.07, 6.45) is 0. The molecular formula is C18H19N3O4. The number of hydrogen-bond donors (Lipinski definition) is 3. The molecule has 2 amide bonds. The lowest BCUT2D eigenvalue weighted by atomic mass is 10.2. The summed E-state index contributed by atoms with van der Waals surface area (Å²) in [4.78, 5) is 35.1. The molecule has 0 heterocycles. The van der Waals surface area contributed by atoms with Crippen LogP contribution in [-0.2, 0) is 14.3 Å². The molecule has 0 bridgehead atoms. The Hall–Kier alpha value is -3.35. The van der Waals surface area contributed by atoms with E-state index in [1.165, 1.54) is 6.92 Å². The van der Waals surface area contributed by atoms with Gasteiger partial charge in [0.15, 0.2) is 6.61 Å². The number of carbonyl (C=O) groups is 3. The minimum Gasteiger partial charge on any atom is -0.452 e. The molecule has 0 saturated heterocycles. The highest BCUT2D eigenvalue weighted by atomic mass is 16.5. The number of anilines is 3. The van der Waals surface area contributed by atoms with Crippen LogP contribution in [0.1, 0.15) is 17.3 Å². The van der Waals surface area contributed by atoms with E-state index < -0.39 is 18.5 Å². The fourth-order valence-corrected chi connectivity index (χ4v) is 2.16. The topological polar surface area (TPSA) is 96.5 Å². The second-order valence-corrected chi connectivity index (χ2v) is 5.18. The van der Waals surface area contributed by atoms with Crippen LogP contribution < -0.4 is 16.0 Å². The van der Waals surface area contributed by atoms with Gasteiger partial charge in [0.05, 0.1) is 5.56 Å². The van der Waals surface area contributed by atoms with Gasteiger partial charge in [0, 0.05) is 31.0 Å². The van der Waals surface area contributed by atoms with Gasteiger partial charge in [0.2, 0.25) is 5.91 Å². The highest BCUT2D eigenvalue weighted by Gasteiger charge is 2.13. The van der Waals surface area contributed by atoms with Crippen LogP contribution >= 0.6 is 0 Å². The molecule has 0 aliphatic heterocycles. The van der Waals surface area contributed by atoms with Gasteiger partial charge >= 0.3 is 5.97 Å². The summed E-state index contributed by atoms with van der Waals surface area (Å²) in [5.41, 5.74) is 2.02. The molecule has 130 valence electrons. The van der Waals surface area contributed by atoms with Crippen LogP contribution in [0.3, 0.4) is 0 Å². The van der Waals surface area contributed by atoms with Crippen LogP contribution in [0.2, 0.25) is 0 Å². The monoisotopic (exact) mass is 341 g/mol. The van der Waals surface area contributed by atoms with Crippen molar-refractivity contribution in [3.05, 3.63) is 54.1 Å². The van der Waals surface area contributed by atoms with E-state index in [0.717, 1.165) is 0 Å². The van der Waals surface area contributed by atoms with E-state index in [0.29, 0.717) is 22.6 Å². The van der Waals surface area contributed by atoms with Gasteiger partial charge in [-0.15, -0.1) is 0 Å². The van der Waals surface area contributed by atoms with E-state index in [1.807, 2.05) is 0 Å². The van der Waals surface area contributed by atoms with Gasteiger partial charge in [-0.3, -0.25) is 9.59 Å².